The maximum atomic E-state index is 13.5. The number of ether oxygens (including phenoxy) is 1. The first-order valence-electron chi connectivity index (χ1n) is 9.34. The predicted octanol–water partition coefficient (Wildman–Crippen LogP) is 4.71. The number of rotatable bonds is 6. The van der Waals surface area contributed by atoms with E-state index in [9.17, 15) is 18.1 Å². The van der Waals surface area contributed by atoms with E-state index in [-0.39, 0.29) is 22.9 Å². The van der Waals surface area contributed by atoms with Gasteiger partial charge in [0, 0.05) is 16.0 Å². The molecule has 2 N–H and O–H groups in total. The summed E-state index contributed by atoms with van der Waals surface area (Å²) in [5, 5.41) is 16.8. The number of nitrogens with two attached hydrogens (primary N) is 1. The number of halogens is 1. The van der Waals surface area contributed by atoms with Gasteiger partial charge < -0.3 is 4.74 Å². The Balaban J connectivity index is 1.84. The van der Waals surface area contributed by atoms with E-state index in [0.717, 1.165) is 4.88 Å². The summed E-state index contributed by atoms with van der Waals surface area (Å²) in [5.74, 6) is -0.235. The van der Waals surface area contributed by atoms with Crippen LogP contribution < -0.4 is 9.88 Å². The van der Waals surface area contributed by atoms with Crippen LogP contribution in [0.15, 0.2) is 77.0 Å². The maximum absolute atomic E-state index is 13.5. The van der Waals surface area contributed by atoms with Gasteiger partial charge >= 0.3 is 0 Å². The summed E-state index contributed by atoms with van der Waals surface area (Å²) in [7, 11) is -3.85. The molecule has 2 heterocycles. The van der Waals surface area contributed by atoms with Crippen molar-refractivity contribution in [3.05, 3.63) is 88.4 Å². The number of pyridine rings is 1. The van der Waals surface area contributed by atoms with E-state index in [4.69, 9.17) is 9.88 Å². The molecule has 9 heteroatoms. The van der Waals surface area contributed by atoms with Crippen molar-refractivity contribution < 1.29 is 17.5 Å². The lowest BCUT2D eigenvalue weighted by Gasteiger charge is -2.14. The average Bonchev–Trinajstić information content (AvgIpc) is 3.31. The van der Waals surface area contributed by atoms with Crippen molar-refractivity contribution in [2.45, 2.75) is 11.5 Å². The molecule has 4 aromatic rings. The van der Waals surface area contributed by atoms with Gasteiger partial charge in [-0.05, 0) is 59.5 Å². The molecule has 0 atom stereocenters. The van der Waals surface area contributed by atoms with Crippen LogP contribution in [0.5, 0.6) is 5.88 Å². The third kappa shape index (κ3) is 4.68. The third-order valence-corrected chi connectivity index (χ3v) is 6.43. The second kappa shape index (κ2) is 8.88. The van der Waals surface area contributed by atoms with Gasteiger partial charge in [-0.15, -0.1) is 11.3 Å². The number of benzene rings is 2. The first-order valence-corrected chi connectivity index (χ1v) is 11.8. The van der Waals surface area contributed by atoms with Crippen LogP contribution >= 0.6 is 11.3 Å². The smallest absolute Gasteiger partial charge is 0.238 e. The molecule has 160 valence electrons. The second-order valence-corrected chi connectivity index (χ2v) is 9.39. The second-order valence-electron chi connectivity index (χ2n) is 6.79. The van der Waals surface area contributed by atoms with E-state index >= 15 is 0 Å². The van der Waals surface area contributed by atoms with E-state index in [1.807, 2.05) is 17.5 Å². The first kappa shape index (κ1) is 21.6. The van der Waals surface area contributed by atoms with Crippen molar-refractivity contribution >= 4 is 21.4 Å². The van der Waals surface area contributed by atoms with Crippen molar-refractivity contribution in [1.29, 1.82) is 5.26 Å². The molecule has 2 aromatic heterocycles. The molecule has 0 aliphatic heterocycles. The highest BCUT2D eigenvalue weighted by molar-refractivity contribution is 7.89. The number of thiophene rings is 1. The standard InChI is InChI=1S/C23H16FN3O3S2/c24-18-7-3-16(4-8-18)22-21(15-5-9-20(10-6-15)32(26,28)29)12-17(13-25)23(27-22)30-14-19-2-1-11-31-19/h1-12H,14H2,(H2,26,28,29). The highest BCUT2D eigenvalue weighted by Crippen LogP contribution is 2.35. The van der Waals surface area contributed by atoms with Crippen molar-refractivity contribution in [3.8, 4) is 34.3 Å². The summed E-state index contributed by atoms with van der Waals surface area (Å²) >= 11 is 1.52. The zero-order valence-corrected chi connectivity index (χ0v) is 18.2. The topological polar surface area (TPSA) is 106 Å². The minimum Gasteiger partial charge on any atom is -0.471 e. The first-order chi connectivity index (χ1) is 15.3. The molecule has 6 nitrogen and oxygen atoms in total. The number of hydrogen-bond acceptors (Lipinski definition) is 6. The van der Waals surface area contributed by atoms with E-state index in [0.29, 0.717) is 22.4 Å². The Morgan fingerprint density at radius 1 is 1.06 bits per heavy atom. The summed E-state index contributed by atoms with van der Waals surface area (Å²) in [5.41, 5.74) is 2.48. The maximum Gasteiger partial charge on any atom is 0.238 e. The molecule has 0 aliphatic carbocycles. The molecular weight excluding hydrogens is 449 g/mol. The lowest BCUT2D eigenvalue weighted by molar-refractivity contribution is 0.297. The molecule has 0 fully saturated rings. The van der Waals surface area contributed by atoms with E-state index in [1.165, 1.54) is 35.6 Å². The zero-order valence-electron chi connectivity index (χ0n) is 16.5. The van der Waals surface area contributed by atoms with E-state index in [1.54, 1.807) is 30.3 Å². The normalized spacial score (nSPS) is 11.2. The zero-order chi connectivity index (χ0) is 22.7. The minimum atomic E-state index is -3.85. The summed E-state index contributed by atoms with van der Waals surface area (Å²) in [6.45, 7) is 0.255. The highest BCUT2D eigenvalue weighted by atomic mass is 32.2. The molecule has 2 aromatic carbocycles. The fraction of sp³-hybridized carbons (Fsp3) is 0.0435. The minimum absolute atomic E-state index is 0.0334. The fourth-order valence-electron chi connectivity index (χ4n) is 3.09. The van der Waals surface area contributed by atoms with Gasteiger partial charge in [-0.1, -0.05) is 18.2 Å². The van der Waals surface area contributed by atoms with E-state index < -0.39 is 15.8 Å². The summed E-state index contributed by atoms with van der Waals surface area (Å²) in [6.07, 6.45) is 0. The van der Waals surface area contributed by atoms with Crippen LogP contribution in [-0.2, 0) is 16.6 Å². The Labute approximate surface area is 188 Å². The Morgan fingerprint density at radius 2 is 1.75 bits per heavy atom. The van der Waals surface area contributed by atoms with Crippen LogP contribution in [0.25, 0.3) is 22.4 Å². The largest absolute Gasteiger partial charge is 0.471 e. The summed E-state index contributed by atoms with van der Waals surface area (Å²) in [4.78, 5) is 5.53. The van der Waals surface area contributed by atoms with Crippen molar-refractivity contribution in [2.75, 3.05) is 0 Å². The number of sulfonamides is 1. The SMILES string of the molecule is N#Cc1cc(-c2ccc(S(N)(=O)=O)cc2)c(-c2ccc(F)cc2)nc1OCc1cccs1. The third-order valence-electron chi connectivity index (χ3n) is 4.65. The number of nitrogens with zero attached hydrogens (tertiary/aromatic N) is 2. The monoisotopic (exact) mass is 465 g/mol. The van der Waals surface area contributed by atoms with Crippen LogP contribution in [-0.4, -0.2) is 13.4 Å². The number of nitriles is 1. The fourth-order valence-corrected chi connectivity index (χ4v) is 4.22. The molecular formula is C23H16FN3O3S2. The number of aromatic nitrogens is 1. The van der Waals surface area contributed by atoms with Crippen molar-refractivity contribution in [3.63, 3.8) is 0 Å². The molecule has 0 saturated carbocycles. The van der Waals surface area contributed by atoms with Gasteiger partial charge in [0.25, 0.3) is 0 Å². The molecule has 0 saturated heterocycles. The van der Waals surface area contributed by atoms with Crippen LogP contribution in [0, 0.1) is 17.1 Å². The predicted molar refractivity (Wildman–Crippen MR) is 120 cm³/mol. The van der Waals surface area contributed by atoms with Gasteiger partial charge in [0.1, 0.15) is 24.1 Å². The average molecular weight is 466 g/mol. The molecule has 32 heavy (non-hydrogen) atoms. The molecule has 4 rings (SSSR count). The molecule has 0 unspecified atom stereocenters. The van der Waals surface area contributed by atoms with Crippen LogP contribution in [0.4, 0.5) is 4.39 Å². The Hall–Kier alpha value is -3.58. The molecule has 0 radical (unpaired) electrons. The van der Waals surface area contributed by atoms with Gasteiger partial charge in [0.2, 0.25) is 15.9 Å². The van der Waals surface area contributed by atoms with Crippen LogP contribution in [0.3, 0.4) is 0 Å². The molecule has 0 aliphatic rings. The van der Waals surface area contributed by atoms with Crippen molar-refractivity contribution in [1.82, 2.24) is 4.98 Å². The molecule has 0 bridgehead atoms. The lowest BCUT2D eigenvalue weighted by Crippen LogP contribution is -2.11. The summed E-state index contributed by atoms with van der Waals surface area (Å²) < 4.78 is 42.5. The van der Waals surface area contributed by atoms with Gasteiger partial charge in [-0.3, -0.25) is 0 Å². The Morgan fingerprint density at radius 3 is 2.34 bits per heavy atom. The van der Waals surface area contributed by atoms with Crippen LogP contribution in [0.1, 0.15) is 10.4 Å². The molecule has 0 spiro atoms. The number of hydrogen-bond donors (Lipinski definition) is 1. The van der Waals surface area contributed by atoms with Crippen LogP contribution in [0.2, 0.25) is 0 Å². The quantitative estimate of drug-likeness (QED) is 0.444. The highest BCUT2D eigenvalue weighted by Gasteiger charge is 2.17. The van der Waals surface area contributed by atoms with Gasteiger partial charge in [0.15, 0.2) is 0 Å². The Bertz CT molecular complexity index is 1390. The van der Waals surface area contributed by atoms with E-state index in [2.05, 4.69) is 11.1 Å². The summed E-state index contributed by atoms with van der Waals surface area (Å²) in [6, 6.07) is 19.3. The lowest BCUT2D eigenvalue weighted by atomic mass is 9.98. The van der Waals surface area contributed by atoms with Gasteiger partial charge in [-0.2, -0.15) is 5.26 Å². The van der Waals surface area contributed by atoms with Gasteiger partial charge in [0.05, 0.1) is 10.6 Å². The number of primary sulfonamides is 1. The van der Waals surface area contributed by atoms with Crippen molar-refractivity contribution in [2.24, 2.45) is 5.14 Å². The van der Waals surface area contributed by atoms with Gasteiger partial charge in [-0.25, -0.2) is 22.9 Å². The Kier molecular flexibility index (Phi) is 6.01. The molecule has 0 amide bonds.